The van der Waals surface area contributed by atoms with Crippen LogP contribution in [-0.4, -0.2) is 37.5 Å². The van der Waals surface area contributed by atoms with Gasteiger partial charge in [-0.25, -0.2) is 8.78 Å². The minimum atomic E-state index is -2.30. The maximum Gasteiger partial charge on any atom is 0.240 e. The predicted octanol–water partition coefficient (Wildman–Crippen LogP) is 3.36. The third-order valence-corrected chi connectivity index (χ3v) is 3.46. The van der Waals surface area contributed by atoms with E-state index in [1.165, 1.54) is 0 Å². The van der Waals surface area contributed by atoms with Crippen molar-refractivity contribution in [2.24, 2.45) is 0 Å². The molecule has 1 atom stereocenters. The van der Waals surface area contributed by atoms with Gasteiger partial charge in [-0.05, 0) is 17.7 Å². The molecule has 1 aromatic carbocycles. The molecule has 1 N–H and O–H groups in total. The van der Waals surface area contributed by atoms with Gasteiger partial charge in [0.15, 0.2) is 0 Å². The van der Waals surface area contributed by atoms with Crippen molar-refractivity contribution >= 4 is 24.0 Å². The van der Waals surface area contributed by atoms with Crippen molar-refractivity contribution in [3.05, 3.63) is 34.9 Å². The molecule has 1 heterocycles. The summed E-state index contributed by atoms with van der Waals surface area (Å²) in [6.07, 6.45) is -2.44. The zero-order valence-corrected chi connectivity index (χ0v) is 12.1. The molecule has 6 heteroatoms. The van der Waals surface area contributed by atoms with Gasteiger partial charge in [-0.1, -0.05) is 23.7 Å². The van der Waals surface area contributed by atoms with Crippen molar-refractivity contribution in [2.45, 2.75) is 18.9 Å². The largest absolute Gasteiger partial charge is 0.314 e. The van der Waals surface area contributed by atoms with E-state index in [2.05, 4.69) is 10.2 Å². The van der Waals surface area contributed by atoms with Gasteiger partial charge in [-0.15, -0.1) is 12.4 Å². The van der Waals surface area contributed by atoms with Gasteiger partial charge in [0, 0.05) is 43.7 Å². The molecule has 0 spiro atoms. The number of rotatable bonds is 4. The Morgan fingerprint density at radius 3 is 2.53 bits per heavy atom. The van der Waals surface area contributed by atoms with Crippen LogP contribution in [0.4, 0.5) is 8.78 Å². The van der Waals surface area contributed by atoms with Crippen LogP contribution in [-0.2, 0) is 0 Å². The molecule has 108 valence electrons. The molecule has 2 rings (SSSR count). The van der Waals surface area contributed by atoms with Gasteiger partial charge in [0.25, 0.3) is 0 Å². The lowest BCUT2D eigenvalue weighted by Gasteiger charge is -2.35. The number of hydrogen-bond acceptors (Lipinski definition) is 2. The van der Waals surface area contributed by atoms with Crippen LogP contribution >= 0.6 is 24.0 Å². The summed E-state index contributed by atoms with van der Waals surface area (Å²) in [7, 11) is 0. The average Bonchev–Trinajstić information content (AvgIpc) is 2.37. The van der Waals surface area contributed by atoms with E-state index in [9.17, 15) is 8.78 Å². The SMILES string of the molecule is Cl.FC(F)C[C@@H](c1cccc(Cl)c1)N1CCNCC1. The monoisotopic (exact) mass is 310 g/mol. The topological polar surface area (TPSA) is 15.3 Å². The molecule has 1 aliphatic rings. The molecule has 1 fully saturated rings. The first-order valence-corrected chi connectivity index (χ1v) is 6.53. The van der Waals surface area contributed by atoms with Crippen molar-refractivity contribution in [3.8, 4) is 0 Å². The van der Waals surface area contributed by atoms with E-state index in [1.807, 2.05) is 12.1 Å². The molecule has 1 aromatic rings. The third kappa shape index (κ3) is 4.88. The number of piperazine rings is 1. The summed E-state index contributed by atoms with van der Waals surface area (Å²) >= 11 is 5.95. The van der Waals surface area contributed by atoms with Crippen molar-refractivity contribution in [1.82, 2.24) is 10.2 Å². The predicted molar refractivity (Wildman–Crippen MR) is 76.5 cm³/mol. The van der Waals surface area contributed by atoms with Gasteiger partial charge in [-0.3, -0.25) is 4.90 Å². The molecule has 2 nitrogen and oxygen atoms in total. The Balaban J connectivity index is 0.00000180. The van der Waals surface area contributed by atoms with E-state index < -0.39 is 6.43 Å². The van der Waals surface area contributed by atoms with Crippen LogP contribution in [0.5, 0.6) is 0 Å². The van der Waals surface area contributed by atoms with Gasteiger partial charge in [0.2, 0.25) is 6.43 Å². The van der Waals surface area contributed by atoms with Crippen LogP contribution in [0.2, 0.25) is 5.02 Å². The molecule has 0 unspecified atom stereocenters. The summed E-state index contributed by atoms with van der Waals surface area (Å²) in [5, 5.41) is 3.83. The first-order chi connectivity index (χ1) is 8.66. The number of nitrogens with zero attached hydrogens (tertiary/aromatic N) is 1. The highest BCUT2D eigenvalue weighted by Gasteiger charge is 2.25. The van der Waals surface area contributed by atoms with Crippen molar-refractivity contribution in [2.75, 3.05) is 26.2 Å². The number of benzene rings is 1. The highest BCUT2D eigenvalue weighted by atomic mass is 35.5. The fourth-order valence-electron chi connectivity index (χ4n) is 2.37. The second kappa shape index (κ2) is 8.00. The summed E-state index contributed by atoms with van der Waals surface area (Å²) < 4.78 is 25.5. The number of halogens is 4. The maximum atomic E-state index is 12.8. The van der Waals surface area contributed by atoms with Gasteiger partial charge < -0.3 is 5.32 Å². The van der Waals surface area contributed by atoms with Crippen LogP contribution in [0.15, 0.2) is 24.3 Å². The quantitative estimate of drug-likeness (QED) is 0.917. The average molecular weight is 311 g/mol. The highest BCUT2D eigenvalue weighted by molar-refractivity contribution is 6.30. The molecular weight excluding hydrogens is 293 g/mol. The molecule has 0 aliphatic carbocycles. The lowest BCUT2D eigenvalue weighted by atomic mass is 10.0. The molecule has 0 bridgehead atoms. The van der Waals surface area contributed by atoms with Crippen molar-refractivity contribution in [3.63, 3.8) is 0 Å². The van der Waals surface area contributed by atoms with E-state index in [4.69, 9.17) is 11.6 Å². The summed E-state index contributed by atoms with van der Waals surface area (Å²) in [4.78, 5) is 2.11. The lowest BCUT2D eigenvalue weighted by molar-refractivity contribution is 0.0739. The zero-order valence-electron chi connectivity index (χ0n) is 10.5. The molecule has 0 aromatic heterocycles. The van der Waals surface area contributed by atoms with Crippen LogP contribution in [0, 0.1) is 0 Å². The Bertz CT molecular complexity index is 385. The highest BCUT2D eigenvalue weighted by Crippen LogP contribution is 2.29. The molecule has 1 saturated heterocycles. The van der Waals surface area contributed by atoms with Crippen LogP contribution in [0.3, 0.4) is 0 Å². The third-order valence-electron chi connectivity index (χ3n) is 3.23. The summed E-state index contributed by atoms with van der Waals surface area (Å²) in [5.41, 5.74) is 0.879. The normalized spacial score (nSPS) is 18.1. The molecular formula is C13H18Cl2F2N2. The Kier molecular flexibility index (Phi) is 7.00. The first-order valence-electron chi connectivity index (χ1n) is 6.15. The fraction of sp³-hybridized carbons (Fsp3) is 0.538. The minimum Gasteiger partial charge on any atom is -0.314 e. The smallest absolute Gasteiger partial charge is 0.240 e. The van der Waals surface area contributed by atoms with Crippen LogP contribution in [0.25, 0.3) is 0 Å². The van der Waals surface area contributed by atoms with E-state index in [1.54, 1.807) is 12.1 Å². The number of alkyl halides is 2. The fourth-order valence-corrected chi connectivity index (χ4v) is 2.57. The number of hydrogen-bond donors (Lipinski definition) is 1. The second-order valence-corrected chi connectivity index (χ2v) is 4.92. The summed E-state index contributed by atoms with van der Waals surface area (Å²) in [6, 6.07) is 7.00. The van der Waals surface area contributed by atoms with Crippen LogP contribution < -0.4 is 5.32 Å². The molecule has 1 aliphatic heterocycles. The molecule has 0 radical (unpaired) electrons. The van der Waals surface area contributed by atoms with E-state index in [-0.39, 0.29) is 24.9 Å². The van der Waals surface area contributed by atoms with Gasteiger partial charge in [0.1, 0.15) is 0 Å². The molecule has 0 saturated carbocycles. The maximum absolute atomic E-state index is 12.8. The zero-order chi connectivity index (χ0) is 13.0. The van der Waals surface area contributed by atoms with Crippen molar-refractivity contribution < 1.29 is 8.78 Å². The number of nitrogens with one attached hydrogen (secondary N) is 1. The van der Waals surface area contributed by atoms with E-state index in [0.29, 0.717) is 5.02 Å². The second-order valence-electron chi connectivity index (χ2n) is 4.48. The van der Waals surface area contributed by atoms with Gasteiger partial charge in [-0.2, -0.15) is 0 Å². The van der Waals surface area contributed by atoms with Crippen molar-refractivity contribution in [1.29, 1.82) is 0 Å². The first kappa shape index (κ1) is 16.6. The molecule has 0 amide bonds. The van der Waals surface area contributed by atoms with E-state index >= 15 is 0 Å². The Morgan fingerprint density at radius 2 is 1.95 bits per heavy atom. The summed E-state index contributed by atoms with van der Waals surface area (Å²) in [5.74, 6) is 0. The Labute approximate surface area is 123 Å². The lowest BCUT2D eigenvalue weighted by Crippen LogP contribution is -2.45. The van der Waals surface area contributed by atoms with Crippen LogP contribution in [0.1, 0.15) is 18.0 Å². The standard InChI is InChI=1S/C13H17ClF2N2.ClH/c14-11-3-1-2-10(8-11)12(9-13(15)16)18-6-4-17-5-7-18;/h1-3,8,12-13,17H,4-7,9H2;1H/t12-;/m0./s1. The Morgan fingerprint density at radius 1 is 1.26 bits per heavy atom. The minimum absolute atomic E-state index is 0. The van der Waals surface area contributed by atoms with Gasteiger partial charge >= 0.3 is 0 Å². The molecule has 19 heavy (non-hydrogen) atoms. The summed E-state index contributed by atoms with van der Waals surface area (Å²) in [6.45, 7) is 3.29. The van der Waals surface area contributed by atoms with E-state index in [0.717, 1.165) is 31.7 Å². The Hall–Kier alpha value is -0.420. The van der Waals surface area contributed by atoms with Gasteiger partial charge in [0.05, 0.1) is 0 Å².